The molecule has 0 amide bonds. The highest BCUT2D eigenvalue weighted by molar-refractivity contribution is 5.87. The van der Waals surface area contributed by atoms with Gasteiger partial charge in [0.25, 0.3) is 5.56 Å². The third-order valence-corrected chi connectivity index (χ3v) is 1.27. The fourth-order valence-electron chi connectivity index (χ4n) is 0.814. The Morgan fingerprint density at radius 2 is 2.07 bits per heavy atom. The normalized spacial score (nSPS) is 11.1. The summed E-state index contributed by atoms with van der Waals surface area (Å²) < 4.78 is 5.03. The van der Waals surface area contributed by atoms with Crippen molar-refractivity contribution in [3.05, 3.63) is 28.4 Å². The zero-order valence-corrected chi connectivity index (χ0v) is 8.33. The van der Waals surface area contributed by atoms with Crippen LogP contribution in [0.1, 0.15) is 31.3 Å². The molecule has 0 saturated heterocycles. The van der Waals surface area contributed by atoms with Crippen molar-refractivity contribution in [2.24, 2.45) is 0 Å². The highest BCUT2D eigenvalue weighted by Gasteiger charge is 2.18. The molecule has 0 aliphatic heterocycles. The van der Waals surface area contributed by atoms with Crippen LogP contribution in [-0.4, -0.2) is 21.5 Å². The monoisotopic (exact) mass is 196 g/mol. The van der Waals surface area contributed by atoms with Crippen molar-refractivity contribution >= 4 is 5.97 Å². The van der Waals surface area contributed by atoms with Gasteiger partial charge in [0, 0.05) is 0 Å². The van der Waals surface area contributed by atoms with E-state index in [0.29, 0.717) is 0 Å². The lowest BCUT2D eigenvalue weighted by molar-refractivity contribution is 0.00620. The van der Waals surface area contributed by atoms with Crippen molar-refractivity contribution in [1.29, 1.82) is 0 Å². The first kappa shape index (κ1) is 10.4. The Morgan fingerprint density at radius 1 is 1.43 bits per heavy atom. The molecule has 76 valence electrons. The van der Waals surface area contributed by atoms with E-state index in [4.69, 9.17) is 4.74 Å². The Balaban J connectivity index is 2.86. The number of aromatic amines is 1. The molecule has 0 aliphatic carbocycles. The van der Waals surface area contributed by atoms with Crippen LogP contribution in [0.25, 0.3) is 0 Å². The molecule has 1 aromatic heterocycles. The zero-order chi connectivity index (χ0) is 10.8. The molecule has 0 fully saturated rings. The van der Waals surface area contributed by atoms with E-state index in [1.165, 1.54) is 6.20 Å². The molecule has 0 saturated carbocycles. The van der Waals surface area contributed by atoms with Gasteiger partial charge < -0.3 is 9.72 Å². The average Bonchev–Trinajstić information content (AvgIpc) is 2.01. The van der Waals surface area contributed by atoms with Gasteiger partial charge in [0.2, 0.25) is 0 Å². The lowest BCUT2D eigenvalue weighted by atomic mass is 10.2. The third-order valence-electron chi connectivity index (χ3n) is 1.27. The molecule has 5 nitrogen and oxygen atoms in total. The molecule has 14 heavy (non-hydrogen) atoms. The summed E-state index contributed by atoms with van der Waals surface area (Å²) in [6, 6.07) is 0. The summed E-state index contributed by atoms with van der Waals surface area (Å²) in [4.78, 5) is 28.1. The lowest BCUT2D eigenvalue weighted by Crippen LogP contribution is -2.25. The first-order valence-corrected chi connectivity index (χ1v) is 4.16. The molecule has 0 radical (unpaired) electrons. The Kier molecular flexibility index (Phi) is 2.69. The largest absolute Gasteiger partial charge is 0.455 e. The maximum atomic E-state index is 11.4. The minimum atomic E-state index is -0.581. The van der Waals surface area contributed by atoms with Gasteiger partial charge in [0.05, 0.1) is 12.4 Å². The minimum Gasteiger partial charge on any atom is -0.455 e. The van der Waals surface area contributed by atoms with Gasteiger partial charge in [-0.25, -0.2) is 4.79 Å². The second-order valence-corrected chi connectivity index (χ2v) is 3.81. The molecule has 1 N–H and O–H groups in total. The van der Waals surface area contributed by atoms with Crippen molar-refractivity contribution in [3.8, 4) is 0 Å². The molecule has 0 aliphatic rings. The summed E-state index contributed by atoms with van der Waals surface area (Å²) in [7, 11) is 0. The topological polar surface area (TPSA) is 72.0 Å². The van der Waals surface area contributed by atoms with E-state index >= 15 is 0 Å². The number of esters is 1. The first-order chi connectivity index (χ1) is 6.38. The van der Waals surface area contributed by atoms with E-state index < -0.39 is 17.1 Å². The summed E-state index contributed by atoms with van der Waals surface area (Å²) >= 11 is 0. The van der Waals surface area contributed by atoms with E-state index in [2.05, 4.69) is 9.97 Å². The lowest BCUT2D eigenvalue weighted by Gasteiger charge is -2.18. The molecule has 0 bridgehead atoms. The van der Waals surface area contributed by atoms with Crippen molar-refractivity contribution in [2.45, 2.75) is 26.4 Å². The average molecular weight is 196 g/mol. The number of carbonyl (C=O) groups excluding carboxylic acids is 1. The quantitative estimate of drug-likeness (QED) is 0.672. The fourth-order valence-corrected chi connectivity index (χ4v) is 0.814. The van der Waals surface area contributed by atoms with Gasteiger partial charge in [-0.2, -0.15) is 0 Å². The zero-order valence-electron chi connectivity index (χ0n) is 8.33. The molecular weight excluding hydrogens is 184 g/mol. The summed E-state index contributed by atoms with van der Waals surface area (Å²) in [5.41, 5.74) is -0.940. The van der Waals surface area contributed by atoms with Gasteiger partial charge >= 0.3 is 5.97 Å². The molecular formula is C9H12N2O3. The molecule has 1 rings (SSSR count). The first-order valence-electron chi connectivity index (χ1n) is 4.16. The van der Waals surface area contributed by atoms with Crippen molar-refractivity contribution in [2.75, 3.05) is 0 Å². The molecule has 0 atom stereocenters. The van der Waals surface area contributed by atoms with Crippen LogP contribution in [0.4, 0.5) is 0 Å². The van der Waals surface area contributed by atoms with Gasteiger partial charge in [-0.15, -0.1) is 0 Å². The molecule has 0 aromatic carbocycles. The highest BCUT2D eigenvalue weighted by atomic mass is 16.6. The van der Waals surface area contributed by atoms with E-state index in [1.54, 1.807) is 20.8 Å². The Morgan fingerprint density at radius 3 is 2.57 bits per heavy atom. The number of nitrogens with one attached hydrogen (secondary N) is 1. The minimum absolute atomic E-state index is 0.0624. The molecule has 1 aromatic rings. The van der Waals surface area contributed by atoms with Gasteiger partial charge in [-0.3, -0.25) is 9.78 Å². The Hall–Kier alpha value is -1.65. The maximum Gasteiger partial charge on any atom is 0.356 e. The predicted molar refractivity (Wildman–Crippen MR) is 50.0 cm³/mol. The molecule has 0 spiro atoms. The van der Waals surface area contributed by atoms with Gasteiger partial charge in [0.1, 0.15) is 11.3 Å². The van der Waals surface area contributed by atoms with Crippen LogP contribution in [0.15, 0.2) is 17.2 Å². The Bertz CT molecular complexity index is 390. The number of hydrogen-bond acceptors (Lipinski definition) is 4. The molecule has 5 heteroatoms. The predicted octanol–water partition coefficient (Wildman–Crippen LogP) is 0.725. The van der Waals surface area contributed by atoms with Crippen LogP contribution in [0.2, 0.25) is 0 Å². The van der Waals surface area contributed by atoms with Gasteiger partial charge in [-0.05, 0) is 20.8 Å². The molecule has 1 heterocycles. The number of hydrogen-bond donors (Lipinski definition) is 1. The number of aromatic nitrogens is 2. The summed E-state index contributed by atoms with van der Waals surface area (Å²) in [6.45, 7) is 5.25. The van der Waals surface area contributed by atoms with E-state index in [9.17, 15) is 9.59 Å². The number of nitrogens with zero attached hydrogens (tertiary/aromatic N) is 1. The van der Waals surface area contributed by atoms with Crippen LogP contribution in [0, 0.1) is 0 Å². The van der Waals surface area contributed by atoms with E-state index in [0.717, 1.165) is 6.20 Å². The maximum absolute atomic E-state index is 11.4. The number of rotatable bonds is 1. The van der Waals surface area contributed by atoms with E-state index in [1.807, 2.05) is 0 Å². The summed E-state index contributed by atoms with van der Waals surface area (Å²) in [5, 5.41) is 0. The Labute approximate surface area is 81.1 Å². The smallest absolute Gasteiger partial charge is 0.356 e. The summed E-state index contributed by atoms with van der Waals surface area (Å²) in [5.74, 6) is -0.581. The number of ether oxygens (including phenoxy) is 1. The van der Waals surface area contributed by atoms with Crippen molar-refractivity contribution in [3.63, 3.8) is 0 Å². The third kappa shape index (κ3) is 3.01. The van der Waals surface area contributed by atoms with Crippen LogP contribution >= 0.6 is 0 Å². The van der Waals surface area contributed by atoms with Gasteiger partial charge in [0.15, 0.2) is 0 Å². The van der Waals surface area contributed by atoms with Crippen LogP contribution < -0.4 is 5.56 Å². The van der Waals surface area contributed by atoms with Crippen molar-refractivity contribution < 1.29 is 9.53 Å². The van der Waals surface area contributed by atoms with E-state index in [-0.39, 0.29) is 5.69 Å². The van der Waals surface area contributed by atoms with Crippen LogP contribution in [0.5, 0.6) is 0 Å². The number of H-pyrrole nitrogens is 1. The van der Waals surface area contributed by atoms with Crippen LogP contribution in [-0.2, 0) is 4.74 Å². The second kappa shape index (κ2) is 3.61. The fraction of sp³-hybridized carbons (Fsp3) is 0.444. The highest BCUT2D eigenvalue weighted by Crippen LogP contribution is 2.09. The second-order valence-electron chi connectivity index (χ2n) is 3.81. The van der Waals surface area contributed by atoms with Crippen molar-refractivity contribution in [1.82, 2.24) is 9.97 Å². The van der Waals surface area contributed by atoms with Gasteiger partial charge in [-0.1, -0.05) is 0 Å². The standard InChI is InChI=1S/C9H12N2O3/c1-9(2,3)14-8(13)6-4-10-5-7(12)11-6/h4-5H,1-3H3,(H,11,12). The molecule has 0 unspecified atom stereocenters. The van der Waals surface area contributed by atoms with Crippen LogP contribution in [0.3, 0.4) is 0 Å². The number of carbonyl (C=O) groups is 1. The summed E-state index contributed by atoms with van der Waals surface area (Å²) in [6.07, 6.45) is 2.35. The SMILES string of the molecule is CC(C)(C)OC(=O)c1cncc(=O)[nH]1.